The molecular weight excluding hydrogens is 562 g/mol. The van der Waals surface area contributed by atoms with Crippen molar-refractivity contribution in [3.63, 3.8) is 0 Å². The molecule has 5 aromatic rings. The number of benzene rings is 4. The number of rotatable bonds is 10. The van der Waals surface area contributed by atoms with Crippen LogP contribution in [0.5, 0.6) is 11.5 Å². The third-order valence-electron chi connectivity index (χ3n) is 6.58. The van der Waals surface area contributed by atoms with Crippen molar-refractivity contribution in [1.82, 2.24) is 5.16 Å². The van der Waals surface area contributed by atoms with Crippen LogP contribution >= 0.6 is 11.6 Å². The molecular formula is C31H28ClN3O5S. The zero-order valence-corrected chi connectivity index (χ0v) is 24.2. The predicted octanol–water partition coefficient (Wildman–Crippen LogP) is 7.46. The Morgan fingerprint density at radius 2 is 1.59 bits per heavy atom. The summed E-state index contributed by atoms with van der Waals surface area (Å²) in [5, 5.41) is 7.91. The normalized spacial score (nSPS) is 11.2. The summed E-state index contributed by atoms with van der Waals surface area (Å²) in [6.07, 6.45) is 1.34. The molecule has 0 aliphatic carbocycles. The molecule has 5 rings (SSSR count). The number of nitrogens with one attached hydrogen (secondary N) is 1. The highest BCUT2D eigenvalue weighted by atomic mass is 35.5. The molecule has 0 radical (unpaired) electrons. The molecule has 1 N–H and O–H groups in total. The van der Waals surface area contributed by atoms with E-state index in [1.54, 1.807) is 62.8 Å². The Morgan fingerprint density at radius 1 is 0.878 bits per heavy atom. The van der Waals surface area contributed by atoms with Gasteiger partial charge in [0.05, 0.1) is 31.3 Å². The Morgan fingerprint density at radius 3 is 2.22 bits per heavy atom. The smallest absolute Gasteiger partial charge is 0.265 e. The summed E-state index contributed by atoms with van der Waals surface area (Å²) in [6, 6.07) is 26.9. The van der Waals surface area contributed by atoms with E-state index in [-0.39, 0.29) is 17.3 Å². The maximum Gasteiger partial charge on any atom is 0.265 e. The maximum absolute atomic E-state index is 13.7. The van der Waals surface area contributed by atoms with Crippen LogP contribution in [0.1, 0.15) is 11.1 Å². The van der Waals surface area contributed by atoms with Crippen molar-refractivity contribution in [3.8, 4) is 22.6 Å². The molecule has 0 amide bonds. The zero-order chi connectivity index (χ0) is 29.0. The monoisotopic (exact) mass is 589 g/mol. The molecule has 1 heterocycles. The van der Waals surface area contributed by atoms with Crippen LogP contribution in [0.4, 0.5) is 17.2 Å². The molecule has 0 spiro atoms. The van der Waals surface area contributed by atoms with Crippen LogP contribution in [0, 0.1) is 6.92 Å². The molecule has 0 unspecified atom stereocenters. The fourth-order valence-corrected chi connectivity index (χ4v) is 5.82. The molecule has 1 aromatic heterocycles. The minimum absolute atomic E-state index is 0.0650. The standard InChI is InChI=1S/C31H28ClN3O5S/c1-21-18-23(6-14-28(21)32)24-7-15-29(30(19-24)39-3)33-25-8-12-27(13-9-25)41(36,37)35(31-16-17-40-34-31)20-22-4-10-26(38-2)11-5-22/h4-19,33H,20H2,1-3H3. The first-order valence-corrected chi connectivity index (χ1v) is 14.5. The van der Waals surface area contributed by atoms with Crippen molar-refractivity contribution in [1.29, 1.82) is 0 Å². The molecule has 0 atom stereocenters. The molecule has 4 aromatic carbocycles. The number of methoxy groups -OCH3 is 2. The third kappa shape index (κ3) is 6.16. The van der Waals surface area contributed by atoms with E-state index in [2.05, 4.69) is 10.5 Å². The molecule has 8 nitrogen and oxygen atoms in total. The van der Waals surface area contributed by atoms with Crippen LogP contribution < -0.4 is 19.1 Å². The molecule has 10 heteroatoms. The lowest BCUT2D eigenvalue weighted by Gasteiger charge is -2.22. The topological polar surface area (TPSA) is 93.9 Å². The van der Waals surface area contributed by atoms with Crippen LogP contribution in [-0.2, 0) is 16.6 Å². The summed E-state index contributed by atoms with van der Waals surface area (Å²) >= 11 is 6.18. The Kier molecular flexibility index (Phi) is 8.19. The van der Waals surface area contributed by atoms with Crippen LogP contribution in [0.3, 0.4) is 0 Å². The van der Waals surface area contributed by atoms with Gasteiger partial charge in [0.1, 0.15) is 17.8 Å². The Labute approximate surface area is 244 Å². The number of sulfonamides is 1. The van der Waals surface area contributed by atoms with E-state index in [1.165, 1.54) is 16.6 Å². The molecule has 0 saturated heterocycles. The first kappa shape index (κ1) is 28.1. The summed E-state index contributed by atoms with van der Waals surface area (Å²) in [5.74, 6) is 1.51. The Balaban J connectivity index is 1.38. The van der Waals surface area contributed by atoms with E-state index in [4.69, 9.17) is 25.6 Å². The van der Waals surface area contributed by atoms with E-state index >= 15 is 0 Å². The summed E-state index contributed by atoms with van der Waals surface area (Å²) in [4.78, 5) is 0.111. The highest BCUT2D eigenvalue weighted by molar-refractivity contribution is 7.92. The van der Waals surface area contributed by atoms with Crippen molar-refractivity contribution in [3.05, 3.63) is 113 Å². The average molecular weight is 590 g/mol. The summed E-state index contributed by atoms with van der Waals surface area (Å²) < 4.78 is 44.4. The number of nitrogens with zero attached hydrogens (tertiary/aromatic N) is 2. The molecule has 0 saturated carbocycles. The van der Waals surface area contributed by atoms with Gasteiger partial charge >= 0.3 is 0 Å². The van der Waals surface area contributed by atoms with E-state index in [1.807, 2.05) is 43.3 Å². The van der Waals surface area contributed by atoms with Crippen LogP contribution in [0.2, 0.25) is 5.02 Å². The Bertz CT molecular complexity index is 1740. The van der Waals surface area contributed by atoms with Gasteiger partial charge in [0.25, 0.3) is 10.0 Å². The van der Waals surface area contributed by atoms with Crippen molar-refractivity contribution < 1.29 is 22.4 Å². The number of hydrogen-bond donors (Lipinski definition) is 1. The number of halogens is 1. The highest BCUT2D eigenvalue weighted by Gasteiger charge is 2.27. The number of anilines is 3. The molecule has 0 aliphatic heterocycles. The van der Waals surface area contributed by atoms with Gasteiger partial charge in [-0.15, -0.1) is 0 Å². The van der Waals surface area contributed by atoms with E-state index in [0.29, 0.717) is 22.2 Å². The number of aryl methyl sites for hydroxylation is 1. The van der Waals surface area contributed by atoms with E-state index in [9.17, 15) is 8.42 Å². The van der Waals surface area contributed by atoms with Gasteiger partial charge in [-0.1, -0.05) is 41.0 Å². The second-order valence-corrected chi connectivity index (χ2v) is 11.5. The fraction of sp³-hybridized carbons (Fsp3) is 0.129. The summed E-state index contributed by atoms with van der Waals surface area (Å²) in [5.41, 5.74) is 5.20. The van der Waals surface area contributed by atoms with E-state index in [0.717, 1.165) is 27.9 Å². The first-order chi connectivity index (χ1) is 19.8. The quantitative estimate of drug-likeness (QED) is 0.181. The highest BCUT2D eigenvalue weighted by Crippen LogP contribution is 2.34. The van der Waals surface area contributed by atoms with Gasteiger partial charge in [-0.2, -0.15) is 0 Å². The number of ether oxygens (including phenoxy) is 2. The second kappa shape index (κ2) is 12.0. The lowest BCUT2D eigenvalue weighted by atomic mass is 10.0. The molecule has 0 aliphatic rings. The van der Waals surface area contributed by atoms with Crippen molar-refractivity contribution >= 4 is 38.8 Å². The first-order valence-electron chi connectivity index (χ1n) is 12.7. The lowest BCUT2D eigenvalue weighted by Crippen LogP contribution is -2.30. The van der Waals surface area contributed by atoms with Gasteiger partial charge in [0, 0.05) is 16.8 Å². The predicted molar refractivity (Wildman–Crippen MR) is 161 cm³/mol. The van der Waals surface area contributed by atoms with Gasteiger partial charge in [-0.05, 0) is 89.8 Å². The largest absolute Gasteiger partial charge is 0.497 e. The van der Waals surface area contributed by atoms with Gasteiger partial charge in [-0.25, -0.2) is 12.7 Å². The van der Waals surface area contributed by atoms with E-state index < -0.39 is 10.0 Å². The van der Waals surface area contributed by atoms with Crippen molar-refractivity contribution in [2.45, 2.75) is 18.4 Å². The molecule has 41 heavy (non-hydrogen) atoms. The molecule has 210 valence electrons. The number of aromatic nitrogens is 1. The summed E-state index contributed by atoms with van der Waals surface area (Å²) in [6.45, 7) is 2.03. The third-order valence-corrected chi connectivity index (χ3v) is 8.77. The van der Waals surface area contributed by atoms with Crippen LogP contribution in [-0.4, -0.2) is 27.8 Å². The van der Waals surface area contributed by atoms with Gasteiger partial charge < -0.3 is 19.3 Å². The maximum atomic E-state index is 13.7. The average Bonchev–Trinajstić information content (AvgIpc) is 3.52. The minimum Gasteiger partial charge on any atom is -0.497 e. The van der Waals surface area contributed by atoms with Gasteiger partial charge in [0.2, 0.25) is 0 Å². The second-order valence-electron chi connectivity index (χ2n) is 9.25. The van der Waals surface area contributed by atoms with Gasteiger partial charge in [-0.3, -0.25) is 0 Å². The molecule has 0 fully saturated rings. The van der Waals surface area contributed by atoms with Crippen molar-refractivity contribution in [2.24, 2.45) is 0 Å². The lowest BCUT2D eigenvalue weighted by molar-refractivity contribution is 0.414. The van der Waals surface area contributed by atoms with Crippen molar-refractivity contribution in [2.75, 3.05) is 23.8 Å². The Hall–Kier alpha value is -4.47. The summed E-state index contributed by atoms with van der Waals surface area (Å²) in [7, 11) is -0.784. The van der Waals surface area contributed by atoms with Crippen LogP contribution in [0.15, 0.2) is 107 Å². The fourth-order valence-electron chi connectivity index (χ4n) is 4.31. The SMILES string of the molecule is COc1ccc(CN(c2ccon2)S(=O)(=O)c2ccc(Nc3ccc(-c4ccc(Cl)c(C)c4)cc3OC)cc2)cc1. The molecule has 0 bridgehead atoms. The number of hydrogen-bond acceptors (Lipinski definition) is 7. The minimum atomic E-state index is -3.97. The van der Waals surface area contributed by atoms with Crippen LogP contribution in [0.25, 0.3) is 11.1 Å². The zero-order valence-electron chi connectivity index (χ0n) is 22.7. The van der Waals surface area contributed by atoms with Gasteiger partial charge in [0.15, 0.2) is 5.82 Å².